The lowest BCUT2D eigenvalue weighted by molar-refractivity contribution is 0.198. The lowest BCUT2D eigenvalue weighted by Gasteiger charge is -2.30. The molecule has 0 aliphatic heterocycles. The molecule has 0 aliphatic rings. The van der Waals surface area contributed by atoms with E-state index in [1.54, 1.807) is 0 Å². The number of nitrogens with zero attached hydrogens (tertiary/aromatic N) is 1. The molecule has 0 bridgehead atoms. The molecule has 110 valence electrons. The van der Waals surface area contributed by atoms with E-state index in [1.807, 2.05) is 11.3 Å². The first-order chi connectivity index (χ1) is 9.13. The summed E-state index contributed by atoms with van der Waals surface area (Å²) < 4.78 is 1.22. The second-order valence-corrected chi connectivity index (χ2v) is 7.19. The quantitative estimate of drug-likeness (QED) is 0.700. The van der Waals surface area contributed by atoms with E-state index in [1.165, 1.54) is 39.9 Å². The first-order valence-corrected chi connectivity index (χ1v) is 8.94. The average Bonchev–Trinajstić information content (AvgIpc) is 2.72. The van der Waals surface area contributed by atoms with Gasteiger partial charge in [0, 0.05) is 20.8 Å². The van der Waals surface area contributed by atoms with Crippen molar-refractivity contribution in [1.29, 1.82) is 0 Å². The number of halogens is 1. The number of hydrogen-bond acceptors (Lipinski definition) is 3. The molecular weight excluding hydrogens is 320 g/mol. The smallest absolute Gasteiger partial charge is 0.0564 e. The molecule has 0 saturated heterocycles. The van der Waals surface area contributed by atoms with Crippen LogP contribution in [0.2, 0.25) is 0 Å². The first-order valence-electron chi connectivity index (χ1n) is 7.33. The summed E-state index contributed by atoms with van der Waals surface area (Å²) in [6.45, 7) is 9.69. The zero-order chi connectivity index (χ0) is 14.3. The van der Waals surface area contributed by atoms with E-state index >= 15 is 0 Å². The fraction of sp³-hybridized carbons (Fsp3) is 0.733. The van der Waals surface area contributed by atoms with Gasteiger partial charge in [0.2, 0.25) is 0 Å². The van der Waals surface area contributed by atoms with E-state index in [4.69, 9.17) is 5.73 Å². The Labute approximate surface area is 130 Å². The van der Waals surface area contributed by atoms with Crippen molar-refractivity contribution < 1.29 is 0 Å². The molecule has 0 radical (unpaired) electrons. The molecule has 1 aromatic heterocycles. The van der Waals surface area contributed by atoms with Gasteiger partial charge in [-0.05, 0) is 54.9 Å². The highest BCUT2D eigenvalue weighted by molar-refractivity contribution is 9.10. The molecule has 0 fully saturated rings. The van der Waals surface area contributed by atoms with Gasteiger partial charge in [0.1, 0.15) is 0 Å². The van der Waals surface area contributed by atoms with Gasteiger partial charge in [0.25, 0.3) is 0 Å². The largest absolute Gasteiger partial charge is 0.329 e. The van der Waals surface area contributed by atoms with E-state index in [-0.39, 0.29) is 0 Å². The van der Waals surface area contributed by atoms with E-state index in [9.17, 15) is 0 Å². The first kappa shape index (κ1) is 17.2. The van der Waals surface area contributed by atoms with Crippen LogP contribution < -0.4 is 5.73 Å². The molecule has 1 rings (SSSR count). The fourth-order valence-electron chi connectivity index (χ4n) is 2.24. The maximum atomic E-state index is 6.06. The van der Waals surface area contributed by atoms with Crippen LogP contribution in [-0.2, 0) is 0 Å². The SMILES string of the molecule is CCCCN(CCCC)C(CN)c1cc(Br)c(C)s1. The molecule has 2 N–H and O–H groups in total. The van der Waals surface area contributed by atoms with Gasteiger partial charge in [-0.25, -0.2) is 0 Å². The Balaban J connectivity index is 2.81. The number of aryl methyl sites for hydroxylation is 1. The molecule has 0 amide bonds. The van der Waals surface area contributed by atoms with Gasteiger partial charge in [-0.15, -0.1) is 11.3 Å². The van der Waals surface area contributed by atoms with E-state index < -0.39 is 0 Å². The summed E-state index contributed by atoms with van der Waals surface area (Å²) in [6.07, 6.45) is 5.00. The van der Waals surface area contributed by atoms with Gasteiger partial charge in [0.15, 0.2) is 0 Å². The van der Waals surface area contributed by atoms with Crippen LogP contribution in [0.5, 0.6) is 0 Å². The molecule has 4 heteroatoms. The molecular formula is C15H27BrN2S. The summed E-state index contributed by atoms with van der Waals surface area (Å²) in [5, 5.41) is 0. The molecule has 1 aromatic rings. The minimum atomic E-state index is 0.382. The average molecular weight is 347 g/mol. The van der Waals surface area contributed by atoms with Gasteiger partial charge >= 0.3 is 0 Å². The summed E-state index contributed by atoms with van der Waals surface area (Å²) in [4.78, 5) is 5.32. The van der Waals surface area contributed by atoms with E-state index in [0.717, 1.165) is 13.1 Å². The van der Waals surface area contributed by atoms with Crippen molar-refractivity contribution in [2.24, 2.45) is 5.73 Å². The van der Waals surface area contributed by atoms with Crippen molar-refractivity contribution in [2.75, 3.05) is 19.6 Å². The van der Waals surface area contributed by atoms with Crippen molar-refractivity contribution in [2.45, 2.75) is 52.5 Å². The monoisotopic (exact) mass is 346 g/mol. The third kappa shape index (κ3) is 5.18. The maximum Gasteiger partial charge on any atom is 0.0564 e. The molecule has 19 heavy (non-hydrogen) atoms. The molecule has 0 spiro atoms. The van der Waals surface area contributed by atoms with Crippen LogP contribution in [0.25, 0.3) is 0 Å². The van der Waals surface area contributed by atoms with Gasteiger partial charge in [-0.3, -0.25) is 4.90 Å². The summed E-state index contributed by atoms with van der Waals surface area (Å²) in [7, 11) is 0. The predicted molar refractivity (Wildman–Crippen MR) is 89.9 cm³/mol. The van der Waals surface area contributed by atoms with Crippen LogP contribution in [0, 0.1) is 6.92 Å². The summed E-state index contributed by atoms with van der Waals surface area (Å²) in [6, 6.07) is 2.63. The minimum Gasteiger partial charge on any atom is -0.329 e. The van der Waals surface area contributed by atoms with Crippen molar-refractivity contribution in [3.05, 3.63) is 20.3 Å². The number of hydrogen-bond donors (Lipinski definition) is 1. The molecule has 2 nitrogen and oxygen atoms in total. The third-order valence-electron chi connectivity index (χ3n) is 3.47. The minimum absolute atomic E-state index is 0.382. The number of rotatable bonds is 9. The zero-order valence-electron chi connectivity index (χ0n) is 12.4. The Morgan fingerprint density at radius 2 is 1.84 bits per heavy atom. The second-order valence-electron chi connectivity index (χ2n) is 5.05. The standard InChI is InChI=1S/C15H27BrN2S/c1-4-6-8-18(9-7-5-2)14(11-17)15-10-13(16)12(3)19-15/h10,14H,4-9,11,17H2,1-3H3. The zero-order valence-corrected chi connectivity index (χ0v) is 14.8. The third-order valence-corrected chi connectivity index (χ3v) is 5.70. The Bertz CT molecular complexity index is 338. The number of unbranched alkanes of at least 4 members (excludes halogenated alkanes) is 2. The number of nitrogens with two attached hydrogens (primary N) is 1. The van der Waals surface area contributed by atoms with Gasteiger partial charge < -0.3 is 5.73 Å². The van der Waals surface area contributed by atoms with Crippen LogP contribution in [0.1, 0.15) is 55.3 Å². The Hall–Kier alpha value is 0.1000. The van der Waals surface area contributed by atoms with E-state index in [2.05, 4.69) is 47.7 Å². The second kappa shape index (κ2) is 9.11. The highest BCUT2D eigenvalue weighted by Crippen LogP contribution is 2.33. The lowest BCUT2D eigenvalue weighted by Crippen LogP contribution is -2.34. The normalized spacial score (nSPS) is 13.2. The van der Waals surface area contributed by atoms with E-state index in [0.29, 0.717) is 12.6 Å². The molecule has 1 atom stereocenters. The molecule has 0 aliphatic carbocycles. The summed E-state index contributed by atoms with van der Waals surface area (Å²) in [5.74, 6) is 0. The maximum absolute atomic E-state index is 6.06. The van der Waals surface area contributed by atoms with Crippen LogP contribution in [0.15, 0.2) is 10.5 Å². The van der Waals surface area contributed by atoms with Gasteiger partial charge in [0.05, 0.1) is 6.04 Å². The lowest BCUT2D eigenvalue weighted by atomic mass is 10.1. The summed E-state index contributed by atoms with van der Waals surface area (Å²) in [5.41, 5.74) is 6.06. The summed E-state index contributed by atoms with van der Waals surface area (Å²) >= 11 is 5.49. The van der Waals surface area contributed by atoms with Crippen LogP contribution in [-0.4, -0.2) is 24.5 Å². The number of thiophene rings is 1. The van der Waals surface area contributed by atoms with Crippen LogP contribution in [0.3, 0.4) is 0 Å². The topological polar surface area (TPSA) is 29.3 Å². The van der Waals surface area contributed by atoms with Crippen molar-refractivity contribution in [3.8, 4) is 0 Å². The Kier molecular flexibility index (Phi) is 8.23. The highest BCUT2D eigenvalue weighted by Gasteiger charge is 2.20. The van der Waals surface area contributed by atoms with Gasteiger partial charge in [-0.1, -0.05) is 26.7 Å². The van der Waals surface area contributed by atoms with Crippen molar-refractivity contribution in [3.63, 3.8) is 0 Å². The predicted octanol–water partition coefficient (Wildman–Crippen LogP) is 4.72. The van der Waals surface area contributed by atoms with Crippen LogP contribution >= 0.6 is 27.3 Å². The van der Waals surface area contributed by atoms with Gasteiger partial charge in [-0.2, -0.15) is 0 Å². The highest BCUT2D eigenvalue weighted by atomic mass is 79.9. The van der Waals surface area contributed by atoms with Crippen molar-refractivity contribution >= 4 is 27.3 Å². The Morgan fingerprint density at radius 1 is 1.26 bits per heavy atom. The molecule has 1 heterocycles. The molecule has 0 aromatic carbocycles. The molecule has 1 unspecified atom stereocenters. The Morgan fingerprint density at radius 3 is 2.21 bits per heavy atom. The van der Waals surface area contributed by atoms with Crippen LogP contribution in [0.4, 0.5) is 0 Å². The van der Waals surface area contributed by atoms with Crippen molar-refractivity contribution in [1.82, 2.24) is 4.90 Å². The fourth-order valence-corrected chi connectivity index (χ4v) is 3.95. The molecule has 0 saturated carbocycles.